The van der Waals surface area contributed by atoms with Crippen molar-refractivity contribution >= 4 is 14.5 Å². The molecule has 1 radical (unpaired) electrons. The van der Waals surface area contributed by atoms with E-state index in [4.69, 9.17) is 9.79 Å². The Kier molecular flexibility index (Phi) is 20.5. The summed E-state index contributed by atoms with van der Waals surface area (Å²) < 4.78 is 9.64. The van der Waals surface area contributed by atoms with Crippen LogP contribution in [-0.2, 0) is 4.57 Å². The molecular formula is CH8BF3O3P. The van der Waals surface area contributed by atoms with Gasteiger partial charge in [0.25, 0.3) is 14.5 Å². The molecule has 0 aromatic heterocycles. The van der Waals surface area contributed by atoms with Crippen LogP contribution in [0.2, 0.25) is 6.82 Å². The van der Waals surface area contributed by atoms with E-state index < -0.39 is 7.47 Å². The highest BCUT2D eigenvalue weighted by atomic mass is 31.2. The summed E-state index contributed by atoms with van der Waals surface area (Å²) in [5.41, 5.74) is 0. The second-order valence-electron chi connectivity index (χ2n) is 0.847. The van der Waals surface area contributed by atoms with E-state index in [1.165, 1.54) is 6.82 Å². The third kappa shape index (κ3) is 32.0. The molecule has 0 bridgehead atoms. The third-order valence-electron chi connectivity index (χ3n) is 0.336. The quantitative estimate of drug-likeness (QED) is 0.435. The molecule has 0 atom stereocenters. The van der Waals surface area contributed by atoms with E-state index in [-0.39, 0.29) is 14.1 Å². The molecule has 8 heteroatoms. The van der Waals surface area contributed by atoms with Gasteiger partial charge in [-0.1, -0.05) is 6.82 Å². The standard InChI is InChI=1S/CH5BO3P.3FH/c1-2-6(3,4)5;;;/h1H3,(H2,3,4,5);3*1H. The van der Waals surface area contributed by atoms with Crippen molar-refractivity contribution in [2.45, 2.75) is 6.82 Å². The Labute approximate surface area is 50.9 Å². The van der Waals surface area contributed by atoms with Gasteiger partial charge in [-0.3, -0.25) is 18.7 Å². The van der Waals surface area contributed by atoms with Gasteiger partial charge in [-0.25, -0.2) is 0 Å². The van der Waals surface area contributed by atoms with Crippen molar-refractivity contribution < 1.29 is 28.5 Å². The first-order valence-corrected chi connectivity index (χ1v) is 3.10. The molecule has 0 amide bonds. The van der Waals surface area contributed by atoms with E-state index >= 15 is 0 Å². The Morgan fingerprint density at radius 2 is 1.33 bits per heavy atom. The zero-order chi connectivity index (χ0) is 5.21. The van der Waals surface area contributed by atoms with Crippen molar-refractivity contribution in [2.75, 3.05) is 0 Å². The molecule has 0 aromatic rings. The highest BCUT2D eigenvalue weighted by Crippen LogP contribution is 2.30. The van der Waals surface area contributed by atoms with E-state index in [1.54, 1.807) is 0 Å². The highest BCUT2D eigenvalue weighted by molar-refractivity contribution is 7.81. The Bertz CT molecular complexity index is 83.1. The van der Waals surface area contributed by atoms with Crippen molar-refractivity contribution in [1.29, 1.82) is 0 Å². The van der Waals surface area contributed by atoms with Crippen molar-refractivity contribution in [3.05, 3.63) is 0 Å². The van der Waals surface area contributed by atoms with Crippen LogP contribution in [0.3, 0.4) is 0 Å². The van der Waals surface area contributed by atoms with Crippen LogP contribution in [0.4, 0.5) is 14.1 Å². The zero-order valence-corrected chi connectivity index (χ0v) is 5.45. The Morgan fingerprint density at radius 1 is 1.22 bits per heavy atom. The molecular weight excluding hydrogens is 159 g/mol. The normalized spacial score (nSPS) is 7.44. The molecule has 0 aliphatic rings. The fourth-order valence-electron chi connectivity index (χ4n) is 0. The second kappa shape index (κ2) is 8.00. The molecule has 59 valence electrons. The van der Waals surface area contributed by atoms with Crippen molar-refractivity contribution in [2.24, 2.45) is 0 Å². The molecule has 0 fully saturated rings. The molecule has 0 unspecified atom stereocenters. The first kappa shape index (κ1) is 23.0. The molecule has 0 saturated heterocycles. The molecule has 0 rings (SSSR count). The summed E-state index contributed by atoms with van der Waals surface area (Å²) in [7, 11) is -3.77. The van der Waals surface area contributed by atoms with Gasteiger partial charge in [-0.05, 0) is 0 Å². The molecule has 3 nitrogen and oxygen atoms in total. The van der Waals surface area contributed by atoms with Gasteiger partial charge >= 0.3 is 0 Å². The molecule has 0 aliphatic heterocycles. The van der Waals surface area contributed by atoms with Crippen LogP contribution >= 0.6 is 7.47 Å². The van der Waals surface area contributed by atoms with Crippen LogP contribution in [0.1, 0.15) is 0 Å². The summed E-state index contributed by atoms with van der Waals surface area (Å²) in [4.78, 5) is 15.8. The number of halogens is 3. The van der Waals surface area contributed by atoms with Gasteiger partial charge in [0.05, 0.1) is 0 Å². The largest absolute Gasteiger partial charge is 0.333 e. The molecule has 0 heterocycles. The van der Waals surface area contributed by atoms with Gasteiger partial charge < -0.3 is 9.79 Å². The number of hydrogen-bond acceptors (Lipinski definition) is 1. The molecule has 9 heavy (non-hydrogen) atoms. The summed E-state index contributed by atoms with van der Waals surface area (Å²) in [5.74, 6) is 0. The third-order valence-corrected chi connectivity index (χ3v) is 1.01. The smallest absolute Gasteiger partial charge is 0.268 e. The average molecular weight is 167 g/mol. The summed E-state index contributed by atoms with van der Waals surface area (Å²) in [5, 5.41) is 0. The van der Waals surface area contributed by atoms with Crippen LogP contribution in [-0.4, -0.2) is 16.8 Å². The molecule has 0 saturated carbocycles. The maximum absolute atomic E-state index is 9.64. The van der Waals surface area contributed by atoms with Gasteiger partial charge in [-0.2, -0.15) is 0 Å². The van der Waals surface area contributed by atoms with Gasteiger partial charge in [-0.15, -0.1) is 0 Å². The molecule has 0 aliphatic carbocycles. The minimum absolute atomic E-state index is 0. The SMILES string of the molecule is C[B]P(=O)(O)O.F.F.F. The fraction of sp³-hybridized carbons (Fsp3) is 1.00. The molecule has 0 spiro atoms. The van der Waals surface area contributed by atoms with Crippen LogP contribution < -0.4 is 0 Å². The lowest BCUT2D eigenvalue weighted by atomic mass is 10.2. The van der Waals surface area contributed by atoms with E-state index in [0.717, 1.165) is 7.00 Å². The fourth-order valence-corrected chi connectivity index (χ4v) is 0. The summed E-state index contributed by atoms with van der Waals surface area (Å²) in [6, 6.07) is 0. The Hall–Kier alpha value is 0.00494. The average Bonchev–Trinajstić information content (AvgIpc) is 1.35. The van der Waals surface area contributed by atoms with Crippen LogP contribution in [0.25, 0.3) is 0 Å². The van der Waals surface area contributed by atoms with Gasteiger partial charge in [0, 0.05) is 0 Å². The predicted octanol–water partition coefficient (Wildman–Crippen LogP) is 0.289. The van der Waals surface area contributed by atoms with Crippen molar-refractivity contribution in [1.82, 2.24) is 0 Å². The van der Waals surface area contributed by atoms with Crippen LogP contribution in [0.5, 0.6) is 0 Å². The minimum Gasteiger partial charge on any atom is -0.333 e. The first-order valence-electron chi connectivity index (χ1n) is 1.42. The van der Waals surface area contributed by atoms with E-state index in [2.05, 4.69) is 0 Å². The number of rotatable bonds is 1. The summed E-state index contributed by atoms with van der Waals surface area (Å²) in [6.07, 6.45) is 0. The van der Waals surface area contributed by atoms with Crippen molar-refractivity contribution in [3.63, 3.8) is 0 Å². The van der Waals surface area contributed by atoms with E-state index in [0.29, 0.717) is 0 Å². The van der Waals surface area contributed by atoms with E-state index in [9.17, 15) is 4.57 Å². The zero-order valence-electron chi connectivity index (χ0n) is 4.55. The Morgan fingerprint density at radius 3 is 1.33 bits per heavy atom. The maximum Gasteiger partial charge on any atom is 0.268 e. The van der Waals surface area contributed by atoms with Gasteiger partial charge in [0.1, 0.15) is 0 Å². The first-order chi connectivity index (χ1) is 2.56. The summed E-state index contributed by atoms with van der Waals surface area (Å²) >= 11 is 0. The lowest BCUT2D eigenvalue weighted by Crippen LogP contribution is -1.81. The van der Waals surface area contributed by atoms with Gasteiger partial charge in [0.15, 0.2) is 0 Å². The predicted molar refractivity (Wildman–Crippen MR) is 31.2 cm³/mol. The van der Waals surface area contributed by atoms with E-state index in [1.807, 2.05) is 0 Å². The van der Waals surface area contributed by atoms with Crippen LogP contribution in [0.15, 0.2) is 0 Å². The monoisotopic (exact) mass is 167 g/mol. The molecule has 0 aromatic carbocycles. The lowest BCUT2D eigenvalue weighted by molar-refractivity contribution is 0.394. The summed E-state index contributed by atoms with van der Waals surface area (Å²) in [6.45, 7) is 2.17. The lowest BCUT2D eigenvalue weighted by Gasteiger charge is -1.91. The van der Waals surface area contributed by atoms with Crippen LogP contribution in [0, 0.1) is 0 Å². The highest BCUT2D eigenvalue weighted by Gasteiger charge is 2.07. The maximum atomic E-state index is 9.64. The topological polar surface area (TPSA) is 57.5 Å². The number of hydrogen-bond donors (Lipinski definition) is 2. The van der Waals surface area contributed by atoms with Crippen molar-refractivity contribution in [3.8, 4) is 0 Å². The minimum atomic E-state index is -3.77. The molecule has 2 N–H and O–H groups in total. The Balaban J connectivity index is -0.0000000417. The van der Waals surface area contributed by atoms with Gasteiger partial charge in [0.2, 0.25) is 0 Å². The second-order valence-corrected chi connectivity index (χ2v) is 2.54.